The van der Waals surface area contributed by atoms with E-state index in [1.165, 1.54) is 11.3 Å². The van der Waals surface area contributed by atoms with Crippen molar-refractivity contribution in [3.8, 4) is 10.6 Å². The summed E-state index contributed by atoms with van der Waals surface area (Å²) in [6.07, 6.45) is 0.465. The summed E-state index contributed by atoms with van der Waals surface area (Å²) in [4.78, 5) is 19.1. The standard InChI is InChI=1S/C18H22N2O4S2/c1-13-5-3-4-6-15(13)17-19-16(11-25-17)18(21)20(8-9-24-2)14-7-10-26(22,23)12-14/h3-6,11,14H,7-10,12H2,1-2H3. The number of aromatic nitrogens is 1. The molecule has 1 aromatic heterocycles. The number of benzene rings is 1. The van der Waals surface area contributed by atoms with Crippen LogP contribution in [0.5, 0.6) is 0 Å². The van der Waals surface area contributed by atoms with Gasteiger partial charge >= 0.3 is 0 Å². The van der Waals surface area contributed by atoms with E-state index in [0.717, 1.165) is 16.1 Å². The van der Waals surface area contributed by atoms with Gasteiger partial charge in [-0.3, -0.25) is 4.79 Å². The molecule has 1 amide bonds. The van der Waals surface area contributed by atoms with Crippen molar-refractivity contribution in [2.24, 2.45) is 0 Å². The maximum atomic E-state index is 13.0. The van der Waals surface area contributed by atoms with Crippen LogP contribution < -0.4 is 0 Å². The van der Waals surface area contributed by atoms with Crippen molar-refractivity contribution in [3.63, 3.8) is 0 Å². The van der Waals surface area contributed by atoms with Gasteiger partial charge in [-0.15, -0.1) is 11.3 Å². The number of hydrogen-bond donors (Lipinski definition) is 0. The maximum Gasteiger partial charge on any atom is 0.273 e. The van der Waals surface area contributed by atoms with Gasteiger partial charge in [-0.2, -0.15) is 0 Å². The van der Waals surface area contributed by atoms with Crippen LogP contribution in [-0.4, -0.2) is 62.0 Å². The highest BCUT2D eigenvalue weighted by atomic mass is 32.2. The lowest BCUT2D eigenvalue weighted by molar-refractivity contribution is 0.0619. The molecular formula is C18H22N2O4S2. The quantitative estimate of drug-likeness (QED) is 0.752. The molecule has 0 saturated carbocycles. The van der Waals surface area contributed by atoms with Crippen LogP contribution in [0.1, 0.15) is 22.5 Å². The molecule has 3 rings (SSSR count). The molecule has 2 heterocycles. The third-order valence-electron chi connectivity index (χ3n) is 4.55. The number of thiazole rings is 1. The average molecular weight is 395 g/mol. The fourth-order valence-electron chi connectivity index (χ4n) is 3.12. The monoisotopic (exact) mass is 394 g/mol. The average Bonchev–Trinajstić information content (AvgIpc) is 3.22. The molecule has 8 heteroatoms. The molecule has 1 unspecified atom stereocenters. The van der Waals surface area contributed by atoms with Gasteiger partial charge in [0.05, 0.1) is 18.1 Å². The number of sulfone groups is 1. The number of hydrogen-bond acceptors (Lipinski definition) is 6. The second-order valence-corrected chi connectivity index (χ2v) is 9.49. The molecule has 0 spiro atoms. The predicted octanol–water partition coefficient (Wildman–Crippen LogP) is 2.39. The van der Waals surface area contributed by atoms with E-state index in [0.29, 0.717) is 25.3 Å². The lowest BCUT2D eigenvalue weighted by Gasteiger charge is -2.27. The fourth-order valence-corrected chi connectivity index (χ4v) is 5.73. The number of amides is 1. The van der Waals surface area contributed by atoms with Crippen molar-refractivity contribution in [2.45, 2.75) is 19.4 Å². The zero-order valence-corrected chi connectivity index (χ0v) is 16.5. The summed E-state index contributed by atoms with van der Waals surface area (Å²) < 4.78 is 28.7. The van der Waals surface area contributed by atoms with Gasteiger partial charge in [0.2, 0.25) is 0 Å². The minimum absolute atomic E-state index is 0.0112. The van der Waals surface area contributed by atoms with Crippen molar-refractivity contribution >= 4 is 27.1 Å². The van der Waals surface area contributed by atoms with Crippen LogP contribution in [-0.2, 0) is 14.6 Å². The largest absolute Gasteiger partial charge is 0.383 e. The first-order valence-corrected chi connectivity index (χ1v) is 11.1. The van der Waals surface area contributed by atoms with Gasteiger partial charge < -0.3 is 9.64 Å². The van der Waals surface area contributed by atoms with Crippen LogP contribution in [0.25, 0.3) is 10.6 Å². The normalized spacial score (nSPS) is 18.8. The molecule has 26 heavy (non-hydrogen) atoms. The summed E-state index contributed by atoms with van der Waals surface area (Å²) in [5.41, 5.74) is 2.45. The fraction of sp³-hybridized carbons (Fsp3) is 0.444. The van der Waals surface area contributed by atoms with E-state index >= 15 is 0 Å². The minimum atomic E-state index is -3.08. The smallest absolute Gasteiger partial charge is 0.273 e. The Morgan fingerprint density at radius 2 is 2.15 bits per heavy atom. The van der Waals surface area contributed by atoms with Gasteiger partial charge in [0.1, 0.15) is 10.7 Å². The first-order chi connectivity index (χ1) is 12.4. The molecule has 1 aliphatic rings. The van der Waals surface area contributed by atoms with Crippen molar-refractivity contribution < 1.29 is 17.9 Å². The van der Waals surface area contributed by atoms with E-state index in [9.17, 15) is 13.2 Å². The molecule has 0 aliphatic carbocycles. The summed E-state index contributed by atoms with van der Waals surface area (Å²) in [5, 5.41) is 2.53. The van der Waals surface area contributed by atoms with Gasteiger partial charge in [-0.05, 0) is 18.9 Å². The van der Waals surface area contributed by atoms with Crippen LogP contribution >= 0.6 is 11.3 Å². The summed E-state index contributed by atoms with van der Waals surface area (Å²) >= 11 is 1.42. The lowest BCUT2D eigenvalue weighted by Crippen LogP contribution is -2.43. The van der Waals surface area contributed by atoms with E-state index in [1.807, 2.05) is 31.2 Å². The van der Waals surface area contributed by atoms with Crippen LogP contribution in [0.15, 0.2) is 29.6 Å². The molecule has 1 fully saturated rings. The Labute approximate surface area is 157 Å². The molecule has 0 N–H and O–H groups in total. The number of nitrogens with zero attached hydrogens (tertiary/aromatic N) is 2. The zero-order valence-electron chi connectivity index (χ0n) is 14.8. The maximum absolute atomic E-state index is 13.0. The van der Waals surface area contributed by atoms with E-state index in [4.69, 9.17) is 4.74 Å². The van der Waals surface area contributed by atoms with Crippen LogP contribution in [0.2, 0.25) is 0 Å². The second-order valence-electron chi connectivity index (χ2n) is 6.40. The summed E-state index contributed by atoms with van der Waals surface area (Å²) in [6.45, 7) is 2.72. The highest BCUT2D eigenvalue weighted by Gasteiger charge is 2.35. The molecular weight excluding hydrogens is 372 g/mol. The molecule has 1 saturated heterocycles. The van der Waals surface area contributed by atoms with E-state index in [2.05, 4.69) is 4.98 Å². The first kappa shape index (κ1) is 19.0. The summed E-state index contributed by atoms with van der Waals surface area (Å²) in [6, 6.07) is 7.58. The van der Waals surface area contributed by atoms with E-state index in [1.54, 1.807) is 17.4 Å². The Morgan fingerprint density at radius 3 is 2.81 bits per heavy atom. The third kappa shape index (κ3) is 4.13. The Morgan fingerprint density at radius 1 is 1.38 bits per heavy atom. The van der Waals surface area contributed by atoms with Gasteiger partial charge in [0.25, 0.3) is 5.91 Å². The molecule has 6 nitrogen and oxygen atoms in total. The number of aryl methyl sites for hydroxylation is 1. The Balaban J connectivity index is 1.84. The second kappa shape index (κ2) is 7.85. The van der Waals surface area contributed by atoms with E-state index < -0.39 is 9.84 Å². The molecule has 0 bridgehead atoms. The topological polar surface area (TPSA) is 76.6 Å². The van der Waals surface area contributed by atoms with Crippen molar-refractivity contribution in [1.29, 1.82) is 0 Å². The molecule has 1 aliphatic heterocycles. The van der Waals surface area contributed by atoms with Crippen LogP contribution in [0.4, 0.5) is 0 Å². The predicted molar refractivity (Wildman–Crippen MR) is 102 cm³/mol. The number of rotatable bonds is 6. The molecule has 2 aromatic rings. The molecule has 0 radical (unpaired) electrons. The number of carbonyl (C=O) groups excluding carboxylic acids is 1. The van der Waals surface area contributed by atoms with Gasteiger partial charge in [0, 0.05) is 30.6 Å². The Hall–Kier alpha value is -1.77. The summed E-state index contributed by atoms with van der Waals surface area (Å²) in [7, 11) is -1.51. The summed E-state index contributed by atoms with van der Waals surface area (Å²) in [5.74, 6) is -0.0998. The first-order valence-electron chi connectivity index (χ1n) is 8.43. The minimum Gasteiger partial charge on any atom is -0.383 e. The molecule has 1 aromatic carbocycles. The van der Waals surface area contributed by atoms with Gasteiger partial charge in [-0.25, -0.2) is 13.4 Å². The molecule has 1 atom stereocenters. The number of ether oxygens (including phenoxy) is 1. The van der Waals surface area contributed by atoms with Crippen molar-refractivity contribution in [2.75, 3.05) is 31.8 Å². The highest BCUT2D eigenvalue weighted by molar-refractivity contribution is 7.91. The van der Waals surface area contributed by atoms with Crippen LogP contribution in [0.3, 0.4) is 0 Å². The number of methoxy groups -OCH3 is 1. The molecule has 140 valence electrons. The highest BCUT2D eigenvalue weighted by Crippen LogP contribution is 2.28. The Kier molecular flexibility index (Phi) is 5.74. The van der Waals surface area contributed by atoms with Crippen molar-refractivity contribution in [3.05, 3.63) is 40.9 Å². The van der Waals surface area contributed by atoms with Gasteiger partial charge in [-0.1, -0.05) is 24.3 Å². The van der Waals surface area contributed by atoms with E-state index in [-0.39, 0.29) is 23.5 Å². The third-order valence-corrected chi connectivity index (χ3v) is 7.17. The van der Waals surface area contributed by atoms with Crippen LogP contribution in [0, 0.1) is 6.92 Å². The number of carbonyl (C=O) groups is 1. The van der Waals surface area contributed by atoms with Crippen molar-refractivity contribution in [1.82, 2.24) is 9.88 Å². The van der Waals surface area contributed by atoms with Gasteiger partial charge in [0.15, 0.2) is 9.84 Å². The lowest BCUT2D eigenvalue weighted by atomic mass is 10.1. The Bertz CT molecular complexity index is 892. The SMILES string of the molecule is COCCN(C(=O)c1csc(-c2ccccc2C)n1)C1CCS(=O)(=O)C1. The zero-order chi connectivity index (χ0) is 18.7.